The summed E-state index contributed by atoms with van der Waals surface area (Å²) < 4.78 is 12.9. The Labute approximate surface area is 113 Å². The van der Waals surface area contributed by atoms with Gasteiger partial charge < -0.3 is 11.1 Å². The van der Waals surface area contributed by atoms with Crippen molar-refractivity contribution in [2.24, 2.45) is 11.1 Å². The van der Waals surface area contributed by atoms with Crippen LogP contribution in [0.2, 0.25) is 0 Å². The number of halogens is 1. The number of rotatable bonds is 3. The van der Waals surface area contributed by atoms with Crippen LogP contribution < -0.4 is 11.1 Å². The number of amides is 1. The van der Waals surface area contributed by atoms with Crippen LogP contribution in [-0.4, -0.2) is 11.4 Å². The van der Waals surface area contributed by atoms with Crippen molar-refractivity contribution in [1.82, 2.24) is 0 Å². The summed E-state index contributed by atoms with van der Waals surface area (Å²) in [6.45, 7) is 4.30. The van der Waals surface area contributed by atoms with Gasteiger partial charge in [0, 0.05) is 5.69 Å². The zero-order chi connectivity index (χ0) is 14.1. The summed E-state index contributed by atoms with van der Waals surface area (Å²) in [5.41, 5.74) is 5.72. The van der Waals surface area contributed by atoms with Gasteiger partial charge >= 0.3 is 0 Å². The summed E-state index contributed by atoms with van der Waals surface area (Å²) in [7, 11) is 0. The molecule has 1 atom stereocenters. The summed E-state index contributed by atoms with van der Waals surface area (Å²) >= 11 is 0. The average Bonchev–Trinajstić information content (AvgIpc) is 2.31. The first-order valence-corrected chi connectivity index (χ1v) is 6.67. The Balaban J connectivity index is 2.25. The van der Waals surface area contributed by atoms with Crippen LogP contribution in [0.3, 0.4) is 0 Å². The molecular formula is C15H21FN2O. The van der Waals surface area contributed by atoms with Crippen LogP contribution in [0.5, 0.6) is 0 Å². The molecule has 1 aliphatic rings. The zero-order valence-electron chi connectivity index (χ0n) is 11.5. The van der Waals surface area contributed by atoms with Crippen molar-refractivity contribution in [3.8, 4) is 0 Å². The van der Waals surface area contributed by atoms with Crippen molar-refractivity contribution in [3.05, 3.63) is 30.1 Å². The third-order valence-electron chi connectivity index (χ3n) is 3.94. The van der Waals surface area contributed by atoms with Crippen LogP contribution in [0.1, 0.15) is 39.5 Å². The maximum absolute atomic E-state index is 12.9. The average molecular weight is 264 g/mol. The second kappa shape index (κ2) is 4.83. The van der Waals surface area contributed by atoms with Gasteiger partial charge in [-0.25, -0.2) is 4.39 Å². The quantitative estimate of drug-likeness (QED) is 0.881. The minimum atomic E-state index is -0.723. The van der Waals surface area contributed by atoms with E-state index < -0.39 is 5.54 Å². The van der Waals surface area contributed by atoms with Gasteiger partial charge in [0.05, 0.1) is 0 Å². The van der Waals surface area contributed by atoms with E-state index in [1.54, 1.807) is 12.1 Å². The van der Waals surface area contributed by atoms with E-state index in [-0.39, 0.29) is 17.1 Å². The molecule has 0 radical (unpaired) electrons. The normalized spacial score (nSPS) is 25.8. The van der Waals surface area contributed by atoms with E-state index in [0.29, 0.717) is 6.42 Å². The molecular weight excluding hydrogens is 243 g/mol. The Hall–Kier alpha value is -1.58. The van der Waals surface area contributed by atoms with Crippen LogP contribution >= 0.6 is 0 Å². The lowest BCUT2D eigenvalue weighted by Crippen LogP contribution is -2.55. The maximum Gasteiger partial charge on any atom is 0.243 e. The molecule has 0 spiro atoms. The van der Waals surface area contributed by atoms with Crippen molar-refractivity contribution in [1.29, 1.82) is 0 Å². The highest BCUT2D eigenvalue weighted by molar-refractivity contribution is 5.88. The summed E-state index contributed by atoms with van der Waals surface area (Å²) in [6.07, 6.45) is 3.48. The number of benzene rings is 1. The SMILES string of the molecule is CC1(C)CCCC(Nc2ccc(F)cc2)(C(N)=O)C1. The molecule has 0 aromatic heterocycles. The first kappa shape index (κ1) is 13.8. The van der Waals surface area contributed by atoms with Crippen LogP contribution in [0.25, 0.3) is 0 Å². The molecule has 3 N–H and O–H groups in total. The van der Waals surface area contributed by atoms with Gasteiger partial charge in [-0.2, -0.15) is 0 Å². The predicted octanol–water partition coefficient (Wildman–Crippen LogP) is 3.06. The number of hydrogen-bond donors (Lipinski definition) is 2. The molecule has 19 heavy (non-hydrogen) atoms. The van der Waals surface area contributed by atoms with Gasteiger partial charge in [0.2, 0.25) is 5.91 Å². The van der Waals surface area contributed by atoms with E-state index in [1.807, 2.05) is 0 Å². The number of anilines is 1. The zero-order valence-corrected chi connectivity index (χ0v) is 11.5. The number of nitrogens with two attached hydrogens (primary N) is 1. The number of carbonyl (C=O) groups is 1. The maximum atomic E-state index is 12.9. The summed E-state index contributed by atoms with van der Waals surface area (Å²) in [6, 6.07) is 6.04. The Kier molecular flexibility index (Phi) is 3.52. The van der Waals surface area contributed by atoms with Crippen LogP contribution in [0.4, 0.5) is 10.1 Å². The van der Waals surface area contributed by atoms with E-state index in [1.165, 1.54) is 12.1 Å². The van der Waals surface area contributed by atoms with E-state index in [9.17, 15) is 9.18 Å². The van der Waals surface area contributed by atoms with E-state index >= 15 is 0 Å². The van der Waals surface area contributed by atoms with Gasteiger partial charge in [0.1, 0.15) is 11.4 Å². The minimum absolute atomic E-state index is 0.0836. The molecule has 1 unspecified atom stereocenters. The molecule has 1 aromatic rings. The highest BCUT2D eigenvalue weighted by Crippen LogP contribution is 2.42. The van der Waals surface area contributed by atoms with Gasteiger partial charge in [-0.1, -0.05) is 20.3 Å². The number of hydrogen-bond acceptors (Lipinski definition) is 2. The lowest BCUT2D eigenvalue weighted by molar-refractivity contribution is -0.124. The second-order valence-electron chi connectivity index (χ2n) is 6.27. The van der Waals surface area contributed by atoms with E-state index in [2.05, 4.69) is 19.2 Å². The largest absolute Gasteiger partial charge is 0.371 e. The molecule has 1 fully saturated rings. The smallest absolute Gasteiger partial charge is 0.243 e. The monoisotopic (exact) mass is 264 g/mol. The summed E-state index contributed by atoms with van der Waals surface area (Å²) in [5, 5.41) is 3.24. The van der Waals surface area contributed by atoms with Crippen LogP contribution in [-0.2, 0) is 4.79 Å². The number of carbonyl (C=O) groups excluding carboxylic acids is 1. The predicted molar refractivity (Wildman–Crippen MR) is 74.2 cm³/mol. The first-order valence-electron chi connectivity index (χ1n) is 6.67. The van der Waals surface area contributed by atoms with Crippen LogP contribution in [0.15, 0.2) is 24.3 Å². The number of nitrogens with one attached hydrogen (secondary N) is 1. The fraction of sp³-hybridized carbons (Fsp3) is 0.533. The summed E-state index contributed by atoms with van der Waals surface area (Å²) in [4.78, 5) is 11.9. The lowest BCUT2D eigenvalue weighted by Gasteiger charge is -2.43. The van der Waals surface area contributed by atoms with Crippen molar-refractivity contribution in [2.45, 2.75) is 45.1 Å². The second-order valence-corrected chi connectivity index (χ2v) is 6.27. The molecule has 1 saturated carbocycles. The first-order chi connectivity index (χ1) is 8.83. The lowest BCUT2D eigenvalue weighted by atomic mass is 9.67. The van der Waals surface area contributed by atoms with Crippen molar-refractivity contribution in [2.75, 3.05) is 5.32 Å². The molecule has 0 bridgehead atoms. The van der Waals surface area contributed by atoms with E-state index in [4.69, 9.17) is 5.73 Å². The molecule has 1 aliphatic carbocycles. The molecule has 0 heterocycles. The third-order valence-corrected chi connectivity index (χ3v) is 3.94. The Morgan fingerprint density at radius 3 is 2.42 bits per heavy atom. The minimum Gasteiger partial charge on any atom is -0.371 e. The third kappa shape index (κ3) is 3.06. The topological polar surface area (TPSA) is 55.1 Å². The Morgan fingerprint density at radius 2 is 1.89 bits per heavy atom. The Bertz CT molecular complexity index is 470. The highest BCUT2D eigenvalue weighted by Gasteiger charge is 2.44. The molecule has 0 aliphatic heterocycles. The standard InChI is InChI=1S/C15H21FN2O/c1-14(2)8-3-9-15(10-14,13(17)19)18-12-6-4-11(16)5-7-12/h4-7,18H,3,8-10H2,1-2H3,(H2,17,19). The van der Waals surface area contributed by atoms with Gasteiger partial charge in [-0.3, -0.25) is 4.79 Å². The van der Waals surface area contributed by atoms with Crippen molar-refractivity contribution < 1.29 is 9.18 Å². The Morgan fingerprint density at radius 1 is 1.26 bits per heavy atom. The molecule has 1 aromatic carbocycles. The summed E-state index contributed by atoms with van der Waals surface area (Å²) in [5.74, 6) is -0.618. The molecule has 0 saturated heterocycles. The molecule has 4 heteroatoms. The number of primary amides is 1. The molecule has 104 valence electrons. The van der Waals surface area contributed by atoms with Crippen molar-refractivity contribution in [3.63, 3.8) is 0 Å². The van der Waals surface area contributed by atoms with Gasteiger partial charge in [-0.05, 0) is 48.9 Å². The van der Waals surface area contributed by atoms with Gasteiger partial charge in [0.15, 0.2) is 0 Å². The van der Waals surface area contributed by atoms with Crippen LogP contribution in [0, 0.1) is 11.2 Å². The fourth-order valence-electron chi connectivity index (χ4n) is 3.05. The molecule has 1 amide bonds. The van der Waals surface area contributed by atoms with Gasteiger partial charge in [-0.15, -0.1) is 0 Å². The van der Waals surface area contributed by atoms with Gasteiger partial charge in [0.25, 0.3) is 0 Å². The van der Waals surface area contributed by atoms with Crippen molar-refractivity contribution >= 4 is 11.6 Å². The molecule has 2 rings (SSSR count). The molecule has 3 nitrogen and oxygen atoms in total. The fourth-order valence-corrected chi connectivity index (χ4v) is 3.05. The van der Waals surface area contributed by atoms with E-state index in [0.717, 1.165) is 24.9 Å². The highest BCUT2D eigenvalue weighted by atomic mass is 19.1.